The van der Waals surface area contributed by atoms with Gasteiger partial charge >= 0.3 is 0 Å². The zero-order valence-corrected chi connectivity index (χ0v) is 13.0. The second-order valence-electron chi connectivity index (χ2n) is 4.13. The van der Waals surface area contributed by atoms with Gasteiger partial charge in [0.05, 0.1) is 12.3 Å². The Morgan fingerprint density at radius 3 is 2.57 bits per heavy atom. The lowest BCUT2D eigenvalue weighted by Gasteiger charge is -2.05. The highest BCUT2D eigenvalue weighted by atomic mass is 32.2. The Hall–Kier alpha value is -1.77. The second-order valence-corrected chi connectivity index (χ2v) is 6.53. The first-order valence-corrected chi connectivity index (χ1v) is 7.95. The molecule has 0 aliphatic rings. The molecular formula is C13H14N4O2S2. The van der Waals surface area contributed by atoms with Gasteiger partial charge in [-0.2, -0.15) is 0 Å². The summed E-state index contributed by atoms with van der Waals surface area (Å²) in [5.41, 5.74) is 6.46. The molecule has 1 heterocycles. The van der Waals surface area contributed by atoms with Crippen LogP contribution >= 0.6 is 23.1 Å². The Morgan fingerprint density at radius 1 is 1.29 bits per heavy atom. The maximum Gasteiger partial charge on any atom is 0.234 e. The summed E-state index contributed by atoms with van der Waals surface area (Å²) in [5, 5.41) is 11.5. The molecule has 0 fully saturated rings. The lowest BCUT2D eigenvalue weighted by molar-refractivity contribution is -0.113. The van der Waals surface area contributed by atoms with E-state index in [4.69, 9.17) is 5.73 Å². The molecule has 0 radical (unpaired) electrons. The third-order valence-corrected chi connectivity index (χ3v) is 4.48. The largest absolute Gasteiger partial charge is 0.325 e. The van der Waals surface area contributed by atoms with Gasteiger partial charge in [-0.25, -0.2) is 0 Å². The number of carbonyl (C=O) groups excluding carboxylic acids is 2. The summed E-state index contributed by atoms with van der Waals surface area (Å²) in [7, 11) is 0. The van der Waals surface area contributed by atoms with Crippen molar-refractivity contribution >= 4 is 40.5 Å². The van der Waals surface area contributed by atoms with E-state index in [0.717, 1.165) is 9.35 Å². The highest BCUT2D eigenvalue weighted by molar-refractivity contribution is 8.01. The lowest BCUT2D eigenvalue weighted by Crippen LogP contribution is -2.15. The van der Waals surface area contributed by atoms with Gasteiger partial charge in [0.15, 0.2) is 10.1 Å². The van der Waals surface area contributed by atoms with Gasteiger partial charge in [-0.3, -0.25) is 9.59 Å². The maximum absolute atomic E-state index is 11.8. The number of Topliss-reactive ketones (excluding diaryl/α,β-unsaturated/α-hetero) is 1. The number of aryl methyl sites for hydroxylation is 1. The first kappa shape index (κ1) is 15.6. The van der Waals surface area contributed by atoms with Crippen LogP contribution < -0.4 is 11.1 Å². The normalized spacial score (nSPS) is 10.4. The van der Waals surface area contributed by atoms with Gasteiger partial charge in [-0.15, -0.1) is 10.2 Å². The Bertz CT molecular complexity index is 640. The van der Waals surface area contributed by atoms with Crippen LogP contribution in [-0.4, -0.2) is 34.2 Å². The van der Waals surface area contributed by atoms with Crippen molar-refractivity contribution in [2.45, 2.75) is 11.3 Å². The molecule has 1 aromatic heterocycles. The molecule has 0 bridgehead atoms. The van der Waals surface area contributed by atoms with Crippen molar-refractivity contribution in [2.75, 3.05) is 17.6 Å². The molecular weight excluding hydrogens is 308 g/mol. The number of benzene rings is 1. The van der Waals surface area contributed by atoms with Crippen LogP contribution in [0, 0.1) is 6.92 Å². The number of nitrogens with one attached hydrogen (secondary N) is 1. The van der Waals surface area contributed by atoms with Crippen LogP contribution in [0.3, 0.4) is 0 Å². The van der Waals surface area contributed by atoms with E-state index in [9.17, 15) is 9.59 Å². The molecule has 0 aliphatic carbocycles. The predicted octanol–water partition coefficient (Wildman–Crippen LogP) is 1.72. The van der Waals surface area contributed by atoms with E-state index in [2.05, 4.69) is 15.5 Å². The highest BCUT2D eigenvalue weighted by Crippen LogP contribution is 2.21. The van der Waals surface area contributed by atoms with Gasteiger partial charge in [0.25, 0.3) is 0 Å². The zero-order valence-electron chi connectivity index (χ0n) is 11.3. The lowest BCUT2D eigenvalue weighted by atomic mass is 10.1. The number of hydrogen-bond donors (Lipinski definition) is 2. The third-order valence-electron chi connectivity index (χ3n) is 2.51. The standard InChI is InChI=1S/C13H14N4O2S2/c1-8-16-17-13(21-8)20-7-12(19)15-10-4-2-9(3-5-10)11(18)6-14/h2-5H,6-7,14H2,1H3,(H,15,19). The van der Waals surface area contributed by atoms with Crippen molar-refractivity contribution in [1.82, 2.24) is 10.2 Å². The van der Waals surface area contributed by atoms with Gasteiger partial charge in [-0.05, 0) is 31.2 Å². The SMILES string of the molecule is Cc1nnc(SCC(=O)Nc2ccc(C(=O)CN)cc2)s1. The molecule has 2 aromatic rings. The highest BCUT2D eigenvalue weighted by Gasteiger charge is 2.08. The Morgan fingerprint density at radius 2 is 2.00 bits per heavy atom. The number of hydrogen-bond acceptors (Lipinski definition) is 7. The van der Waals surface area contributed by atoms with Crippen molar-refractivity contribution in [2.24, 2.45) is 5.73 Å². The average Bonchev–Trinajstić information content (AvgIpc) is 2.91. The minimum Gasteiger partial charge on any atom is -0.325 e. The van der Waals surface area contributed by atoms with Crippen molar-refractivity contribution in [3.05, 3.63) is 34.8 Å². The van der Waals surface area contributed by atoms with E-state index in [-0.39, 0.29) is 24.0 Å². The number of rotatable bonds is 6. The Kier molecular flexibility index (Phi) is 5.43. The molecule has 1 amide bonds. The summed E-state index contributed by atoms with van der Waals surface area (Å²) >= 11 is 2.80. The molecule has 0 saturated heterocycles. The predicted molar refractivity (Wildman–Crippen MR) is 83.8 cm³/mol. The van der Waals surface area contributed by atoms with Gasteiger partial charge in [0.1, 0.15) is 5.01 Å². The molecule has 0 atom stereocenters. The van der Waals surface area contributed by atoms with E-state index in [1.807, 2.05) is 6.92 Å². The minimum absolute atomic E-state index is 0.0242. The fourth-order valence-electron chi connectivity index (χ4n) is 1.52. The van der Waals surface area contributed by atoms with E-state index >= 15 is 0 Å². The van der Waals surface area contributed by atoms with Crippen molar-refractivity contribution in [1.29, 1.82) is 0 Å². The molecule has 0 saturated carbocycles. The molecule has 0 spiro atoms. The smallest absolute Gasteiger partial charge is 0.234 e. The first-order valence-electron chi connectivity index (χ1n) is 6.14. The van der Waals surface area contributed by atoms with Crippen molar-refractivity contribution in [3.8, 4) is 0 Å². The van der Waals surface area contributed by atoms with E-state index in [1.54, 1.807) is 24.3 Å². The Balaban J connectivity index is 1.86. The molecule has 2 rings (SSSR count). The van der Waals surface area contributed by atoms with E-state index < -0.39 is 0 Å². The molecule has 3 N–H and O–H groups in total. The molecule has 21 heavy (non-hydrogen) atoms. The zero-order chi connectivity index (χ0) is 15.2. The molecule has 6 nitrogen and oxygen atoms in total. The monoisotopic (exact) mass is 322 g/mol. The van der Waals surface area contributed by atoms with Crippen molar-refractivity contribution < 1.29 is 9.59 Å². The fraction of sp³-hybridized carbons (Fsp3) is 0.231. The van der Waals surface area contributed by atoms with Gasteiger partial charge in [-0.1, -0.05) is 23.1 Å². The second kappa shape index (κ2) is 7.30. The summed E-state index contributed by atoms with van der Waals surface area (Å²) in [6, 6.07) is 6.65. The van der Waals surface area contributed by atoms with Crippen LogP contribution in [0.1, 0.15) is 15.4 Å². The summed E-state index contributed by atoms with van der Waals surface area (Å²) in [5.74, 6) is -0.00110. The molecule has 8 heteroatoms. The van der Waals surface area contributed by atoms with Crippen LogP contribution in [0.5, 0.6) is 0 Å². The summed E-state index contributed by atoms with van der Waals surface area (Å²) in [4.78, 5) is 23.2. The van der Waals surface area contributed by atoms with Crippen LogP contribution in [0.2, 0.25) is 0 Å². The number of aromatic nitrogens is 2. The summed E-state index contributed by atoms with van der Waals surface area (Å²) < 4.78 is 0.770. The van der Waals surface area contributed by atoms with Crippen LogP contribution in [0.4, 0.5) is 5.69 Å². The number of nitrogens with two attached hydrogens (primary N) is 1. The van der Waals surface area contributed by atoms with Crippen LogP contribution in [-0.2, 0) is 4.79 Å². The van der Waals surface area contributed by atoms with E-state index in [1.165, 1.54) is 23.1 Å². The quantitative estimate of drug-likeness (QED) is 0.621. The Labute approximate surface area is 130 Å². The molecule has 110 valence electrons. The number of nitrogens with zero attached hydrogens (tertiary/aromatic N) is 2. The van der Waals surface area contributed by atoms with E-state index in [0.29, 0.717) is 11.3 Å². The summed E-state index contributed by atoms with van der Waals surface area (Å²) in [6.45, 7) is 1.84. The van der Waals surface area contributed by atoms with Crippen molar-refractivity contribution in [3.63, 3.8) is 0 Å². The third kappa shape index (κ3) is 4.62. The fourth-order valence-corrected chi connectivity index (χ4v) is 3.13. The number of carbonyl (C=O) groups is 2. The average molecular weight is 322 g/mol. The van der Waals surface area contributed by atoms with Gasteiger partial charge in [0, 0.05) is 11.3 Å². The molecule has 1 aromatic carbocycles. The summed E-state index contributed by atoms with van der Waals surface area (Å²) in [6.07, 6.45) is 0. The number of amides is 1. The topological polar surface area (TPSA) is 98.0 Å². The number of thioether (sulfide) groups is 1. The first-order chi connectivity index (χ1) is 10.1. The minimum atomic E-state index is -0.134. The van der Waals surface area contributed by atoms with Gasteiger partial charge < -0.3 is 11.1 Å². The van der Waals surface area contributed by atoms with Crippen LogP contribution in [0.15, 0.2) is 28.6 Å². The molecule has 0 aliphatic heterocycles. The number of ketones is 1. The molecule has 0 unspecified atom stereocenters. The maximum atomic E-state index is 11.8. The van der Waals surface area contributed by atoms with Crippen LogP contribution in [0.25, 0.3) is 0 Å². The van der Waals surface area contributed by atoms with Gasteiger partial charge in [0.2, 0.25) is 5.91 Å². The number of anilines is 1.